The number of nitrogens with zero attached hydrogens (tertiary/aromatic N) is 2. The van der Waals surface area contributed by atoms with Crippen molar-refractivity contribution < 1.29 is 24.2 Å². The molecular formula is C27H33N3O5S. The summed E-state index contributed by atoms with van der Waals surface area (Å²) in [5, 5.41) is 9.99. The monoisotopic (exact) mass is 511 g/mol. The van der Waals surface area contributed by atoms with Crippen LogP contribution in [0.15, 0.2) is 42.5 Å². The number of benzene rings is 2. The molecule has 2 aliphatic rings. The Morgan fingerprint density at radius 1 is 1.14 bits per heavy atom. The van der Waals surface area contributed by atoms with E-state index in [1.165, 1.54) is 7.11 Å². The fourth-order valence-corrected chi connectivity index (χ4v) is 5.79. The van der Waals surface area contributed by atoms with Crippen LogP contribution in [0.5, 0.6) is 0 Å². The van der Waals surface area contributed by atoms with Crippen molar-refractivity contribution in [1.82, 2.24) is 14.3 Å². The summed E-state index contributed by atoms with van der Waals surface area (Å²) < 4.78 is 15.2. The molecule has 2 N–H and O–H groups in total. The molecule has 5 rings (SSSR count). The molecule has 0 amide bonds. The van der Waals surface area contributed by atoms with Gasteiger partial charge in [0.25, 0.3) is 0 Å². The van der Waals surface area contributed by atoms with Crippen LogP contribution in [0.25, 0.3) is 22.2 Å². The van der Waals surface area contributed by atoms with Crippen LogP contribution in [-0.4, -0.2) is 54.0 Å². The number of rotatable bonds is 4. The predicted octanol–water partition coefficient (Wildman–Crippen LogP) is 3.84. The van der Waals surface area contributed by atoms with Gasteiger partial charge in [0.05, 0.1) is 36.6 Å². The number of ether oxygens (including phenoxy) is 2. The number of nitrogens with one attached hydrogen (secondary N) is 1. The Bertz CT molecular complexity index is 1240. The summed E-state index contributed by atoms with van der Waals surface area (Å²) in [7, 11) is 5.07. The fourth-order valence-electron chi connectivity index (χ4n) is 5.79. The Morgan fingerprint density at radius 3 is 2.44 bits per heavy atom. The highest BCUT2D eigenvalue weighted by atomic mass is 32.1. The molecule has 1 aliphatic heterocycles. The zero-order valence-electron chi connectivity index (χ0n) is 21.0. The van der Waals surface area contributed by atoms with Crippen molar-refractivity contribution in [1.29, 1.82) is 0 Å². The number of aryl methyl sites for hydroxylation is 2. The Hall–Kier alpha value is -2.88. The highest BCUT2D eigenvalue weighted by molar-refractivity contribution is 7.78. The number of thiol groups is 1. The van der Waals surface area contributed by atoms with E-state index in [0.717, 1.165) is 33.5 Å². The minimum atomic E-state index is -0.953. The van der Waals surface area contributed by atoms with Gasteiger partial charge in [0.2, 0.25) is 0 Å². The highest BCUT2D eigenvalue weighted by Gasteiger charge is 2.53. The lowest BCUT2D eigenvalue weighted by Crippen LogP contribution is -2.46. The maximum atomic E-state index is 12.8. The van der Waals surface area contributed by atoms with Gasteiger partial charge in [-0.1, -0.05) is 43.1 Å². The molecule has 0 radical (unpaired) electrons. The van der Waals surface area contributed by atoms with Crippen molar-refractivity contribution in [2.75, 3.05) is 27.4 Å². The van der Waals surface area contributed by atoms with E-state index in [1.54, 1.807) is 7.05 Å². The molecule has 9 heteroatoms. The zero-order chi connectivity index (χ0) is 26.0. The van der Waals surface area contributed by atoms with Crippen molar-refractivity contribution in [2.45, 2.75) is 19.3 Å². The Labute approximate surface area is 216 Å². The molecule has 5 atom stereocenters. The lowest BCUT2D eigenvalue weighted by molar-refractivity contribution is -0.162. The van der Waals surface area contributed by atoms with Crippen LogP contribution in [0.4, 0.5) is 0 Å². The number of carbonyl (C=O) groups excluding carboxylic acids is 1. The molecule has 2 fully saturated rings. The standard InChI is InChI=1S/C26H28N2O5.CH5NS/c1-14-27-21-11-17(8-9-22(21)28(14)2)15-4-6-16(7-5-15)19-10-18-12-33-13-20(18)23(25(29)30)24(19)26(31)32-3;1-2-3/h4-9,11,18-20,23-24H,10,12-13H2,1-3H3,(H,29,30);2-3H,1H3. The van der Waals surface area contributed by atoms with Crippen molar-refractivity contribution in [3.63, 3.8) is 0 Å². The van der Waals surface area contributed by atoms with Gasteiger partial charge in [-0.3, -0.25) is 14.3 Å². The van der Waals surface area contributed by atoms with Gasteiger partial charge in [0.15, 0.2) is 0 Å². The van der Waals surface area contributed by atoms with Crippen LogP contribution >= 0.6 is 12.8 Å². The summed E-state index contributed by atoms with van der Waals surface area (Å²) in [5.74, 6) is -2.24. The van der Waals surface area contributed by atoms with Gasteiger partial charge in [0.1, 0.15) is 5.82 Å². The van der Waals surface area contributed by atoms with Gasteiger partial charge in [0, 0.05) is 19.6 Å². The zero-order valence-corrected chi connectivity index (χ0v) is 21.9. The van der Waals surface area contributed by atoms with E-state index in [9.17, 15) is 14.7 Å². The lowest BCUT2D eigenvalue weighted by atomic mass is 9.61. The van der Waals surface area contributed by atoms with E-state index in [0.29, 0.717) is 19.6 Å². The molecular weight excluding hydrogens is 478 g/mol. The van der Waals surface area contributed by atoms with Gasteiger partial charge in [-0.2, -0.15) is 0 Å². The van der Waals surface area contributed by atoms with Gasteiger partial charge in [-0.05, 0) is 61.1 Å². The minimum Gasteiger partial charge on any atom is -0.481 e. The minimum absolute atomic E-state index is 0.131. The second-order valence-corrected chi connectivity index (χ2v) is 9.93. The lowest BCUT2D eigenvalue weighted by Gasteiger charge is -2.41. The molecule has 36 heavy (non-hydrogen) atoms. The van der Waals surface area contributed by atoms with Crippen LogP contribution in [-0.2, 0) is 26.1 Å². The van der Waals surface area contributed by atoms with Crippen molar-refractivity contribution >= 4 is 35.8 Å². The third-order valence-corrected chi connectivity index (χ3v) is 7.62. The Balaban J connectivity index is 0.000000967. The van der Waals surface area contributed by atoms with Crippen molar-refractivity contribution in [3.05, 3.63) is 53.9 Å². The number of methoxy groups -OCH3 is 1. The number of hydrogen-bond acceptors (Lipinski definition) is 7. The number of imidazole rings is 1. The van der Waals surface area contributed by atoms with Crippen LogP contribution < -0.4 is 4.72 Å². The molecule has 8 nitrogen and oxygen atoms in total. The predicted molar refractivity (Wildman–Crippen MR) is 141 cm³/mol. The molecule has 0 spiro atoms. The summed E-state index contributed by atoms with van der Waals surface area (Å²) >= 11 is 3.54. The van der Waals surface area contributed by atoms with E-state index in [4.69, 9.17) is 9.47 Å². The van der Waals surface area contributed by atoms with E-state index in [-0.39, 0.29) is 17.8 Å². The van der Waals surface area contributed by atoms with Gasteiger partial charge in [-0.15, -0.1) is 0 Å². The second-order valence-electron chi connectivity index (χ2n) is 9.48. The highest BCUT2D eigenvalue weighted by Crippen LogP contribution is 2.50. The maximum absolute atomic E-state index is 12.8. The van der Waals surface area contributed by atoms with Crippen LogP contribution in [0.3, 0.4) is 0 Å². The summed E-state index contributed by atoms with van der Waals surface area (Å²) in [6.07, 6.45) is 0.715. The first-order chi connectivity index (χ1) is 17.3. The number of fused-ring (bicyclic) bond motifs is 2. The number of carbonyl (C=O) groups is 2. The molecule has 1 saturated carbocycles. The molecule has 192 valence electrons. The smallest absolute Gasteiger partial charge is 0.310 e. The van der Waals surface area contributed by atoms with Crippen molar-refractivity contribution in [3.8, 4) is 11.1 Å². The summed E-state index contributed by atoms with van der Waals surface area (Å²) in [6.45, 7) is 2.91. The SMILES string of the molecule is CNS.COC(=O)C1C(c2ccc(-c3ccc4c(c3)nc(C)n4C)cc2)CC2COCC2C1C(=O)O. The summed E-state index contributed by atoms with van der Waals surface area (Å²) in [6, 6.07) is 14.3. The van der Waals surface area contributed by atoms with E-state index in [2.05, 4.69) is 45.3 Å². The van der Waals surface area contributed by atoms with Gasteiger partial charge < -0.3 is 19.1 Å². The molecule has 5 unspecified atom stereocenters. The summed E-state index contributed by atoms with van der Waals surface area (Å²) in [4.78, 5) is 29.6. The van der Waals surface area contributed by atoms with Crippen LogP contribution in [0.1, 0.15) is 23.7 Å². The third kappa shape index (κ3) is 4.87. The first-order valence-electron chi connectivity index (χ1n) is 12.0. The molecule has 1 saturated heterocycles. The van der Waals surface area contributed by atoms with E-state index in [1.807, 2.05) is 38.2 Å². The largest absolute Gasteiger partial charge is 0.481 e. The number of carboxylic acids is 1. The topological polar surface area (TPSA) is 103 Å². The van der Waals surface area contributed by atoms with Crippen molar-refractivity contribution in [2.24, 2.45) is 30.7 Å². The average Bonchev–Trinajstić information content (AvgIpc) is 3.46. The number of aromatic nitrogens is 2. The number of hydrogen-bond donors (Lipinski definition) is 3. The second kappa shape index (κ2) is 11.0. The number of carboxylic acid groups (broad SMARTS) is 1. The Morgan fingerprint density at radius 2 is 1.81 bits per heavy atom. The first-order valence-corrected chi connectivity index (χ1v) is 12.5. The Kier molecular flexibility index (Phi) is 8.02. The molecule has 2 aromatic carbocycles. The summed E-state index contributed by atoms with van der Waals surface area (Å²) in [5.41, 5.74) is 5.11. The normalized spacial score (nSPS) is 25.1. The molecule has 1 aliphatic carbocycles. The first kappa shape index (κ1) is 26.2. The molecule has 2 heterocycles. The van der Waals surface area contributed by atoms with Gasteiger partial charge in [-0.25, -0.2) is 4.98 Å². The fraction of sp³-hybridized carbons (Fsp3) is 0.444. The van der Waals surface area contributed by atoms with E-state index >= 15 is 0 Å². The van der Waals surface area contributed by atoms with Crippen LogP contribution in [0.2, 0.25) is 0 Å². The quantitative estimate of drug-likeness (QED) is 0.361. The third-order valence-electron chi connectivity index (χ3n) is 7.62. The number of aliphatic carboxylic acids is 1. The molecule has 3 aromatic rings. The van der Waals surface area contributed by atoms with Crippen LogP contribution in [0, 0.1) is 30.6 Å². The van der Waals surface area contributed by atoms with E-state index < -0.39 is 23.8 Å². The molecule has 1 aromatic heterocycles. The van der Waals surface area contributed by atoms with Gasteiger partial charge >= 0.3 is 11.9 Å². The average molecular weight is 512 g/mol. The molecule has 0 bridgehead atoms. The number of esters is 1. The maximum Gasteiger partial charge on any atom is 0.310 e.